The van der Waals surface area contributed by atoms with Crippen molar-refractivity contribution in [3.8, 4) is 11.3 Å². The van der Waals surface area contributed by atoms with E-state index in [1.807, 2.05) is 23.1 Å². The van der Waals surface area contributed by atoms with E-state index in [1.165, 1.54) is 5.56 Å². The van der Waals surface area contributed by atoms with Crippen molar-refractivity contribution in [1.29, 1.82) is 0 Å². The lowest BCUT2D eigenvalue weighted by Gasteiger charge is -2.34. The summed E-state index contributed by atoms with van der Waals surface area (Å²) in [6, 6.07) is 21.2. The van der Waals surface area contributed by atoms with E-state index >= 15 is 0 Å². The molecule has 2 aliphatic rings. The predicted molar refractivity (Wildman–Crippen MR) is 144 cm³/mol. The highest BCUT2D eigenvalue weighted by Crippen LogP contribution is 2.32. The van der Waals surface area contributed by atoms with Crippen molar-refractivity contribution in [2.75, 3.05) is 44.4 Å². The van der Waals surface area contributed by atoms with Crippen LogP contribution >= 0.6 is 0 Å². The summed E-state index contributed by atoms with van der Waals surface area (Å²) in [6.45, 7) is 9.74. The van der Waals surface area contributed by atoms with Gasteiger partial charge in [0.25, 0.3) is 0 Å². The predicted octanol–water partition coefficient (Wildman–Crippen LogP) is 4.57. The van der Waals surface area contributed by atoms with Crippen LogP contribution in [0.3, 0.4) is 0 Å². The molecule has 4 aromatic rings. The maximum absolute atomic E-state index is 5.76. The number of aromatic nitrogens is 3. The Labute approximate surface area is 217 Å². The smallest absolute Gasteiger partial charge is 0.234 e. The maximum atomic E-state index is 5.76. The molecule has 8 nitrogen and oxygen atoms in total. The van der Waals surface area contributed by atoms with Gasteiger partial charge in [0.2, 0.25) is 12.7 Å². The Bertz CT molecular complexity index is 1360. The third-order valence-corrected chi connectivity index (χ3v) is 7.15. The summed E-state index contributed by atoms with van der Waals surface area (Å²) < 4.78 is 11.1. The fourth-order valence-electron chi connectivity index (χ4n) is 5.01. The monoisotopic (exact) mass is 496 g/mol. The average molecular weight is 497 g/mol. The molecule has 2 aromatic carbocycles. The Balaban J connectivity index is 1.25. The third kappa shape index (κ3) is 5.16. The van der Waals surface area contributed by atoms with Gasteiger partial charge >= 0.3 is 0 Å². The second kappa shape index (κ2) is 10.6. The highest BCUT2D eigenvalue weighted by atomic mass is 16.7. The number of hydrogen-bond acceptors (Lipinski definition) is 7. The number of ether oxygens (including phenoxy) is 2. The van der Waals surface area contributed by atoms with E-state index in [9.17, 15) is 0 Å². The highest BCUT2D eigenvalue weighted by Gasteiger charge is 2.23. The quantitative estimate of drug-likeness (QED) is 0.383. The number of benzene rings is 2. The number of rotatable bonds is 8. The molecule has 4 heterocycles. The Kier molecular flexibility index (Phi) is 6.75. The SMILES string of the molecule is CCN1CCN(Cc2ccc(-c3cc4c(N(Cc5ccccc5)C5=COCO5)ncnc4[nH]3)cc2)CC1. The van der Waals surface area contributed by atoms with Crippen LogP contribution in [0, 0.1) is 0 Å². The van der Waals surface area contributed by atoms with Gasteiger partial charge < -0.3 is 19.4 Å². The molecular formula is C29H32N6O2. The van der Waals surface area contributed by atoms with Gasteiger partial charge in [0, 0.05) is 38.4 Å². The van der Waals surface area contributed by atoms with E-state index in [-0.39, 0.29) is 6.79 Å². The van der Waals surface area contributed by atoms with Crippen molar-refractivity contribution in [3.63, 3.8) is 0 Å². The van der Waals surface area contributed by atoms with E-state index in [0.29, 0.717) is 12.4 Å². The molecule has 8 heteroatoms. The van der Waals surface area contributed by atoms with Gasteiger partial charge in [-0.15, -0.1) is 0 Å². The summed E-state index contributed by atoms with van der Waals surface area (Å²) in [5.41, 5.74) is 5.41. The second-order valence-electron chi connectivity index (χ2n) is 9.51. The first-order valence-electron chi connectivity index (χ1n) is 12.9. The molecule has 1 saturated heterocycles. The number of nitrogens with zero attached hydrogens (tertiary/aromatic N) is 5. The van der Waals surface area contributed by atoms with Gasteiger partial charge in [0.1, 0.15) is 24.1 Å². The molecule has 0 bridgehead atoms. The lowest BCUT2D eigenvalue weighted by Crippen LogP contribution is -2.45. The largest absolute Gasteiger partial charge is 0.459 e. The minimum Gasteiger partial charge on any atom is -0.459 e. The van der Waals surface area contributed by atoms with Crippen LogP contribution in [0.4, 0.5) is 5.82 Å². The van der Waals surface area contributed by atoms with Gasteiger partial charge in [0.05, 0.1) is 11.9 Å². The lowest BCUT2D eigenvalue weighted by atomic mass is 10.1. The number of likely N-dealkylation sites (N-methyl/N-ethyl adjacent to an activating group) is 1. The van der Waals surface area contributed by atoms with Crippen LogP contribution in [0.25, 0.3) is 22.3 Å². The van der Waals surface area contributed by atoms with E-state index in [0.717, 1.165) is 72.9 Å². The zero-order valence-corrected chi connectivity index (χ0v) is 21.1. The summed E-state index contributed by atoms with van der Waals surface area (Å²) in [4.78, 5) is 19.7. The van der Waals surface area contributed by atoms with Crippen molar-refractivity contribution in [2.24, 2.45) is 0 Å². The average Bonchev–Trinajstić information content (AvgIpc) is 3.64. The zero-order valence-electron chi connectivity index (χ0n) is 21.1. The van der Waals surface area contributed by atoms with Gasteiger partial charge in [-0.3, -0.25) is 9.80 Å². The normalized spacial score (nSPS) is 16.4. The minimum absolute atomic E-state index is 0.202. The van der Waals surface area contributed by atoms with Crippen molar-refractivity contribution in [1.82, 2.24) is 24.8 Å². The van der Waals surface area contributed by atoms with E-state index in [2.05, 4.69) is 74.1 Å². The number of H-pyrrole nitrogens is 1. The van der Waals surface area contributed by atoms with Gasteiger partial charge in [-0.1, -0.05) is 61.5 Å². The molecule has 2 aliphatic heterocycles. The van der Waals surface area contributed by atoms with Crippen molar-refractivity contribution >= 4 is 16.9 Å². The van der Waals surface area contributed by atoms with Crippen LogP contribution in [0.15, 0.2) is 79.1 Å². The lowest BCUT2D eigenvalue weighted by molar-refractivity contribution is 0.0782. The summed E-state index contributed by atoms with van der Waals surface area (Å²) in [7, 11) is 0. The molecule has 0 spiro atoms. The molecule has 0 unspecified atom stereocenters. The number of piperazine rings is 1. The van der Waals surface area contributed by atoms with Gasteiger partial charge in [0.15, 0.2) is 0 Å². The summed E-state index contributed by atoms with van der Waals surface area (Å²) in [6.07, 6.45) is 3.24. The molecule has 190 valence electrons. The Morgan fingerprint density at radius 3 is 2.43 bits per heavy atom. The molecule has 0 amide bonds. The van der Waals surface area contributed by atoms with E-state index in [1.54, 1.807) is 12.6 Å². The first-order chi connectivity index (χ1) is 18.3. The molecule has 6 rings (SSSR count). The number of anilines is 1. The molecule has 2 aromatic heterocycles. The minimum atomic E-state index is 0.202. The highest BCUT2D eigenvalue weighted by molar-refractivity contribution is 5.92. The van der Waals surface area contributed by atoms with Crippen LogP contribution in [0.1, 0.15) is 18.1 Å². The topological polar surface area (TPSA) is 69.8 Å². The summed E-state index contributed by atoms with van der Waals surface area (Å²) in [5, 5.41) is 0.933. The first-order valence-corrected chi connectivity index (χ1v) is 12.9. The van der Waals surface area contributed by atoms with Crippen LogP contribution in [0.2, 0.25) is 0 Å². The zero-order chi connectivity index (χ0) is 25.0. The first kappa shape index (κ1) is 23.5. The van der Waals surface area contributed by atoms with Crippen LogP contribution in [-0.4, -0.2) is 64.3 Å². The van der Waals surface area contributed by atoms with Gasteiger partial charge in [-0.2, -0.15) is 0 Å². The second-order valence-corrected chi connectivity index (χ2v) is 9.51. The number of hydrogen-bond donors (Lipinski definition) is 1. The summed E-state index contributed by atoms with van der Waals surface area (Å²) in [5.74, 6) is 1.41. The molecule has 0 saturated carbocycles. The van der Waals surface area contributed by atoms with Crippen LogP contribution < -0.4 is 4.90 Å². The third-order valence-electron chi connectivity index (χ3n) is 7.15. The van der Waals surface area contributed by atoms with Crippen molar-refractivity contribution < 1.29 is 9.47 Å². The standard InChI is InChI=1S/C29H32N6O2/c1-2-33-12-14-34(15-13-33)17-23-8-10-24(11-9-23)26-16-25-28(32-26)30-20-31-29(25)35(27-19-36-21-37-27)18-22-6-4-3-5-7-22/h3-11,16,19-20H,2,12-15,17-18,21H2,1H3,(H,30,31,32). The number of fused-ring (bicyclic) bond motifs is 1. The van der Waals surface area contributed by atoms with Crippen molar-refractivity contribution in [2.45, 2.75) is 20.0 Å². The Morgan fingerprint density at radius 2 is 1.70 bits per heavy atom. The molecule has 1 fully saturated rings. The molecule has 0 aliphatic carbocycles. The number of aromatic amines is 1. The maximum Gasteiger partial charge on any atom is 0.234 e. The molecule has 1 N–H and O–H groups in total. The number of nitrogens with one attached hydrogen (secondary N) is 1. The molecule has 0 radical (unpaired) electrons. The Morgan fingerprint density at radius 1 is 0.919 bits per heavy atom. The van der Waals surface area contributed by atoms with Gasteiger partial charge in [-0.05, 0) is 29.3 Å². The van der Waals surface area contributed by atoms with E-state index in [4.69, 9.17) is 9.47 Å². The molecule has 0 atom stereocenters. The fourth-order valence-corrected chi connectivity index (χ4v) is 5.01. The molecule has 37 heavy (non-hydrogen) atoms. The van der Waals surface area contributed by atoms with Crippen LogP contribution in [-0.2, 0) is 22.6 Å². The van der Waals surface area contributed by atoms with Crippen molar-refractivity contribution in [3.05, 3.63) is 90.3 Å². The van der Waals surface area contributed by atoms with E-state index < -0.39 is 0 Å². The molecular weight excluding hydrogens is 464 g/mol. The summed E-state index contributed by atoms with van der Waals surface area (Å²) >= 11 is 0. The van der Waals surface area contributed by atoms with Gasteiger partial charge in [-0.25, -0.2) is 9.97 Å². The Hall–Kier alpha value is -3.88. The fraction of sp³-hybridized carbons (Fsp3) is 0.310. The van der Waals surface area contributed by atoms with Crippen LogP contribution in [0.5, 0.6) is 0 Å².